The van der Waals surface area contributed by atoms with Crippen LogP contribution in [-0.4, -0.2) is 10.2 Å². The van der Waals surface area contributed by atoms with Crippen molar-refractivity contribution in [1.82, 2.24) is 0 Å². The molecule has 1 aromatic rings. The number of aromatic hydroxyl groups is 1. The molecule has 0 spiro atoms. The van der Waals surface area contributed by atoms with Crippen molar-refractivity contribution < 1.29 is 27.8 Å². The summed E-state index contributed by atoms with van der Waals surface area (Å²) in [5, 5.41) is 17.3. The van der Waals surface area contributed by atoms with Gasteiger partial charge in [-0.25, -0.2) is 4.39 Å². The van der Waals surface area contributed by atoms with Crippen molar-refractivity contribution in [3.63, 3.8) is 0 Å². The SMILES string of the molecule is OCc1cc(C(F)(F)F)cc(O)c1F. The Kier molecular flexibility index (Phi) is 2.66. The van der Waals surface area contributed by atoms with E-state index in [4.69, 9.17) is 10.2 Å². The standard InChI is InChI=1S/C8H6F4O2/c9-7-4(3-13)1-5(2-6(7)14)8(10,11)12/h1-2,13-14H,3H2. The summed E-state index contributed by atoms with van der Waals surface area (Å²) in [6, 6.07) is 0.726. The largest absolute Gasteiger partial charge is 0.505 e. The van der Waals surface area contributed by atoms with Gasteiger partial charge in [0.15, 0.2) is 11.6 Å². The topological polar surface area (TPSA) is 40.5 Å². The van der Waals surface area contributed by atoms with E-state index in [1.165, 1.54) is 0 Å². The third-order valence-electron chi connectivity index (χ3n) is 1.63. The first kappa shape index (κ1) is 10.8. The minimum Gasteiger partial charge on any atom is -0.505 e. The molecule has 1 aromatic carbocycles. The van der Waals surface area contributed by atoms with Crippen molar-refractivity contribution in [2.75, 3.05) is 0 Å². The van der Waals surface area contributed by atoms with Crippen LogP contribution in [0.5, 0.6) is 5.75 Å². The third-order valence-corrected chi connectivity index (χ3v) is 1.63. The lowest BCUT2D eigenvalue weighted by molar-refractivity contribution is -0.137. The minimum atomic E-state index is -4.67. The molecular weight excluding hydrogens is 204 g/mol. The Morgan fingerprint density at radius 3 is 2.21 bits per heavy atom. The number of hydrogen-bond donors (Lipinski definition) is 2. The lowest BCUT2D eigenvalue weighted by Crippen LogP contribution is -2.06. The molecule has 0 aliphatic heterocycles. The van der Waals surface area contributed by atoms with Crippen LogP contribution in [0, 0.1) is 5.82 Å². The van der Waals surface area contributed by atoms with Crippen molar-refractivity contribution in [2.45, 2.75) is 12.8 Å². The summed E-state index contributed by atoms with van der Waals surface area (Å²) >= 11 is 0. The average Bonchev–Trinajstić information content (AvgIpc) is 2.07. The van der Waals surface area contributed by atoms with E-state index in [0.717, 1.165) is 0 Å². The van der Waals surface area contributed by atoms with Gasteiger partial charge in [-0.1, -0.05) is 0 Å². The second kappa shape index (κ2) is 3.45. The monoisotopic (exact) mass is 210 g/mol. The van der Waals surface area contributed by atoms with Crippen LogP contribution in [0.3, 0.4) is 0 Å². The maximum Gasteiger partial charge on any atom is 0.416 e. The summed E-state index contributed by atoms with van der Waals surface area (Å²) in [5.74, 6) is -2.36. The molecule has 78 valence electrons. The maximum atomic E-state index is 12.8. The maximum absolute atomic E-state index is 12.8. The van der Waals surface area contributed by atoms with Crippen molar-refractivity contribution in [3.8, 4) is 5.75 Å². The number of aliphatic hydroxyl groups is 1. The molecular formula is C8H6F4O2. The fourth-order valence-corrected chi connectivity index (χ4v) is 0.947. The zero-order valence-corrected chi connectivity index (χ0v) is 6.77. The molecule has 2 N–H and O–H groups in total. The van der Waals surface area contributed by atoms with Gasteiger partial charge < -0.3 is 10.2 Å². The van der Waals surface area contributed by atoms with Gasteiger partial charge in [-0.2, -0.15) is 13.2 Å². The van der Waals surface area contributed by atoms with E-state index >= 15 is 0 Å². The predicted molar refractivity (Wildman–Crippen MR) is 39.0 cm³/mol. The minimum absolute atomic E-state index is 0.272. The quantitative estimate of drug-likeness (QED) is 0.696. The Balaban J connectivity index is 3.30. The highest BCUT2D eigenvalue weighted by Gasteiger charge is 2.32. The van der Waals surface area contributed by atoms with Crippen molar-refractivity contribution in [3.05, 3.63) is 29.1 Å². The normalized spacial score (nSPS) is 11.8. The van der Waals surface area contributed by atoms with E-state index in [2.05, 4.69) is 0 Å². The summed E-state index contributed by atoms with van der Waals surface area (Å²) in [5.41, 5.74) is -1.78. The van der Waals surface area contributed by atoms with E-state index in [9.17, 15) is 17.6 Å². The number of rotatable bonds is 1. The number of phenolic OH excluding ortho intramolecular Hbond substituents is 1. The lowest BCUT2D eigenvalue weighted by atomic mass is 10.1. The van der Waals surface area contributed by atoms with E-state index in [1.807, 2.05) is 0 Å². The Labute approximate surface area is 76.4 Å². The number of benzene rings is 1. The summed E-state index contributed by atoms with van der Waals surface area (Å²) in [6.07, 6.45) is -4.67. The fraction of sp³-hybridized carbons (Fsp3) is 0.250. The molecule has 0 bridgehead atoms. The summed E-state index contributed by atoms with van der Waals surface area (Å²) in [4.78, 5) is 0. The second-order valence-corrected chi connectivity index (χ2v) is 2.62. The molecule has 0 aromatic heterocycles. The highest BCUT2D eigenvalue weighted by molar-refractivity contribution is 5.36. The average molecular weight is 210 g/mol. The van der Waals surface area contributed by atoms with Gasteiger partial charge >= 0.3 is 6.18 Å². The molecule has 0 amide bonds. The van der Waals surface area contributed by atoms with Crippen molar-refractivity contribution >= 4 is 0 Å². The first-order valence-corrected chi connectivity index (χ1v) is 3.55. The smallest absolute Gasteiger partial charge is 0.416 e. The molecule has 0 fully saturated rings. The van der Waals surface area contributed by atoms with Gasteiger partial charge in [0, 0.05) is 5.56 Å². The Morgan fingerprint density at radius 1 is 1.21 bits per heavy atom. The molecule has 0 saturated carbocycles. The van der Waals surface area contributed by atoms with E-state index in [-0.39, 0.29) is 6.07 Å². The van der Waals surface area contributed by atoms with Crippen LogP contribution in [0.2, 0.25) is 0 Å². The molecule has 0 heterocycles. The molecule has 0 radical (unpaired) electrons. The van der Waals surface area contributed by atoms with Gasteiger partial charge in [-0.15, -0.1) is 0 Å². The number of aliphatic hydroxyl groups excluding tert-OH is 1. The highest BCUT2D eigenvalue weighted by Crippen LogP contribution is 2.33. The van der Waals surface area contributed by atoms with Crippen LogP contribution in [0.1, 0.15) is 11.1 Å². The van der Waals surface area contributed by atoms with E-state index in [0.29, 0.717) is 6.07 Å². The fourth-order valence-electron chi connectivity index (χ4n) is 0.947. The van der Waals surface area contributed by atoms with Crippen LogP contribution in [0.25, 0.3) is 0 Å². The van der Waals surface area contributed by atoms with Crippen LogP contribution in [-0.2, 0) is 12.8 Å². The molecule has 0 aliphatic carbocycles. The predicted octanol–water partition coefficient (Wildman–Crippen LogP) is 2.04. The number of alkyl halides is 3. The van der Waals surface area contributed by atoms with Gasteiger partial charge in [0.1, 0.15) is 0 Å². The highest BCUT2D eigenvalue weighted by atomic mass is 19.4. The number of hydrogen-bond acceptors (Lipinski definition) is 2. The van der Waals surface area contributed by atoms with E-state index < -0.39 is 35.5 Å². The van der Waals surface area contributed by atoms with E-state index in [1.54, 1.807) is 0 Å². The van der Waals surface area contributed by atoms with Gasteiger partial charge in [-0.3, -0.25) is 0 Å². The summed E-state index contributed by atoms with van der Waals surface area (Å²) in [6.45, 7) is -0.899. The van der Waals surface area contributed by atoms with Gasteiger partial charge in [0.25, 0.3) is 0 Å². The van der Waals surface area contributed by atoms with Gasteiger partial charge in [0.05, 0.1) is 12.2 Å². The van der Waals surface area contributed by atoms with Crippen LogP contribution < -0.4 is 0 Å². The molecule has 0 saturated heterocycles. The molecule has 1 rings (SSSR count). The van der Waals surface area contributed by atoms with Crippen molar-refractivity contribution in [2.24, 2.45) is 0 Å². The Bertz CT molecular complexity index is 346. The van der Waals surface area contributed by atoms with Crippen LogP contribution in [0.4, 0.5) is 17.6 Å². The number of phenols is 1. The Hall–Kier alpha value is -1.30. The molecule has 0 atom stereocenters. The van der Waals surface area contributed by atoms with Gasteiger partial charge in [0.2, 0.25) is 0 Å². The molecule has 0 aliphatic rings. The first-order valence-electron chi connectivity index (χ1n) is 3.55. The second-order valence-electron chi connectivity index (χ2n) is 2.62. The summed E-state index contributed by atoms with van der Waals surface area (Å²) in [7, 11) is 0. The molecule has 0 unspecified atom stereocenters. The molecule has 2 nitrogen and oxygen atoms in total. The summed E-state index contributed by atoms with van der Waals surface area (Å²) < 4.78 is 49.1. The zero-order chi connectivity index (χ0) is 10.9. The third kappa shape index (κ3) is 1.95. The number of halogens is 4. The lowest BCUT2D eigenvalue weighted by Gasteiger charge is -2.09. The van der Waals surface area contributed by atoms with Gasteiger partial charge in [-0.05, 0) is 12.1 Å². The zero-order valence-electron chi connectivity index (χ0n) is 6.77. The van der Waals surface area contributed by atoms with Crippen LogP contribution >= 0.6 is 0 Å². The first-order chi connectivity index (χ1) is 6.36. The van der Waals surface area contributed by atoms with Crippen molar-refractivity contribution in [1.29, 1.82) is 0 Å². The molecule has 14 heavy (non-hydrogen) atoms. The Morgan fingerprint density at radius 2 is 1.79 bits per heavy atom. The van der Waals surface area contributed by atoms with Crippen LogP contribution in [0.15, 0.2) is 12.1 Å². The molecule has 6 heteroatoms.